The molecule has 10 heteroatoms. The van der Waals surface area contributed by atoms with Crippen LogP contribution in [0.3, 0.4) is 0 Å². The molecule has 4 rings (SSSR count). The Labute approximate surface area is 158 Å². The number of fused-ring (bicyclic) bond motifs is 1. The molecule has 28 heavy (non-hydrogen) atoms. The summed E-state index contributed by atoms with van der Waals surface area (Å²) in [4.78, 5) is 1.58. The summed E-state index contributed by atoms with van der Waals surface area (Å²) in [6, 6.07) is 6.72. The van der Waals surface area contributed by atoms with Gasteiger partial charge >= 0.3 is 6.18 Å². The number of anilines is 2. The average molecular weight is 413 g/mol. The maximum atomic E-state index is 14.3. The Morgan fingerprint density at radius 1 is 1.07 bits per heavy atom. The van der Waals surface area contributed by atoms with E-state index in [9.17, 15) is 26.0 Å². The lowest BCUT2D eigenvalue weighted by molar-refractivity contribution is -0.137. The number of alkyl halides is 3. The van der Waals surface area contributed by atoms with Gasteiger partial charge in [-0.15, -0.1) is 4.40 Å². The van der Waals surface area contributed by atoms with Crippen LogP contribution < -0.4 is 10.2 Å². The van der Waals surface area contributed by atoms with Crippen molar-refractivity contribution >= 4 is 27.2 Å². The minimum absolute atomic E-state index is 0.0294. The molecule has 0 spiro atoms. The summed E-state index contributed by atoms with van der Waals surface area (Å²) in [6.45, 7) is 1.32. The first-order valence-corrected chi connectivity index (χ1v) is 9.98. The van der Waals surface area contributed by atoms with Crippen molar-refractivity contribution in [3.05, 3.63) is 53.3 Å². The highest BCUT2D eigenvalue weighted by atomic mass is 32.2. The highest BCUT2D eigenvalue weighted by Crippen LogP contribution is 2.38. The molecule has 2 aromatic rings. The molecule has 2 aromatic carbocycles. The Hall–Kier alpha value is -2.62. The fraction of sp³-hybridized carbons (Fsp3) is 0.278. The van der Waals surface area contributed by atoms with Crippen LogP contribution in [-0.2, 0) is 16.2 Å². The topological polar surface area (TPSA) is 61.8 Å². The molecule has 1 saturated heterocycles. The molecule has 2 heterocycles. The number of nitrogens with one attached hydrogen (secondary N) is 1. The van der Waals surface area contributed by atoms with Gasteiger partial charge in [0.25, 0.3) is 10.0 Å². The number of benzene rings is 2. The Kier molecular flexibility index (Phi) is 4.33. The number of nitrogens with zero attached hydrogens (tertiary/aromatic N) is 2. The summed E-state index contributed by atoms with van der Waals surface area (Å²) in [5.74, 6) is -1.15. The van der Waals surface area contributed by atoms with Gasteiger partial charge in [-0.25, -0.2) is 4.39 Å². The molecule has 1 fully saturated rings. The second-order valence-electron chi connectivity index (χ2n) is 6.58. The maximum Gasteiger partial charge on any atom is 0.416 e. The van der Waals surface area contributed by atoms with Crippen LogP contribution in [0.25, 0.3) is 0 Å². The summed E-state index contributed by atoms with van der Waals surface area (Å²) in [7, 11) is -4.12. The molecule has 148 valence electrons. The number of sulfonamides is 1. The molecule has 0 unspecified atom stereocenters. The fourth-order valence-electron chi connectivity index (χ4n) is 3.42. The molecule has 0 aliphatic carbocycles. The van der Waals surface area contributed by atoms with Crippen molar-refractivity contribution in [3.63, 3.8) is 0 Å². The highest BCUT2D eigenvalue weighted by molar-refractivity contribution is 7.90. The van der Waals surface area contributed by atoms with E-state index in [1.807, 2.05) is 4.90 Å². The number of hydrogen-bond acceptors (Lipinski definition) is 4. The lowest BCUT2D eigenvalue weighted by Crippen LogP contribution is -2.22. The first-order valence-electron chi connectivity index (χ1n) is 8.54. The highest BCUT2D eigenvalue weighted by Gasteiger charge is 2.34. The van der Waals surface area contributed by atoms with E-state index in [-0.39, 0.29) is 22.0 Å². The van der Waals surface area contributed by atoms with Crippen LogP contribution >= 0.6 is 0 Å². The van der Waals surface area contributed by atoms with E-state index in [0.717, 1.165) is 31.0 Å². The smallest absolute Gasteiger partial charge is 0.370 e. The molecule has 2 aliphatic rings. The minimum Gasteiger partial charge on any atom is -0.370 e. The van der Waals surface area contributed by atoms with E-state index in [1.54, 1.807) is 0 Å². The second-order valence-corrected chi connectivity index (χ2v) is 8.15. The molecule has 0 amide bonds. The summed E-state index contributed by atoms with van der Waals surface area (Å²) >= 11 is 0. The minimum atomic E-state index is -4.58. The van der Waals surface area contributed by atoms with E-state index >= 15 is 0 Å². The van der Waals surface area contributed by atoms with Crippen molar-refractivity contribution in [1.29, 1.82) is 0 Å². The quantitative estimate of drug-likeness (QED) is 0.756. The molecule has 0 saturated carbocycles. The molecular weight excluding hydrogens is 398 g/mol. The van der Waals surface area contributed by atoms with Gasteiger partial charge < -0.3 is 10.2 Å². The standard InChI is InChI=1S/C18H15F4N3O2S/c19-12-4-3-5-15-16(12)17(24-28(15,26)27)23-13-10-11(18(20,21)22)6-7-14(13)25-8-1-2-9-25/h3-7,10H,1-2,8-9H2,(H,23,24). The number of hydrogen-bond donors (Lipinski definition) is 1. The lowest BCUT2D eigenvalue weighted by Gasteiger charge is -2.23. The van der Waals surface area contributed by atoms with Gasteiger partial charge in [-0.2, -0.15) is 21.6 Å². The summed E-state index contributed by atoms with van der Waals surface area (Å²) in [5.41, 5.74) is -0.655. The molecule has 2 aliphatic heterocycles. The van der Waals surface area contributed by atoms with Crippen LogP contribution in [0.4, 0.5) is 28.9 Å². The Balaban J connectivity index is 1.81. The summed E-state index contributed by atoms with van der Waals surface area (Å²) < 4.78 is 81.8. The largest absolute Gasteiger partial charge is 0.416 e. The SMILES string of the molecule is O=S1(=O)N=C(Nc2cc(C(F)(F)F)ccc2N2CCCC2)c2c(F)cccc21. The van der Waals surface area contributed by atoms with Crippen molar-refractivity contribution in [2.45, 2.75) is 23.9 Å². The zero-order valence-electron chi connectivity index (χ0n) is 14.4. The predicted molar refractivity (Wildman–Crippen MR) is 96.6 cm³/mol. The van der Waals surface area contributed by atoms with Crippen LogP contribution in [0.1, 0.15) is 24.0 Å². The molecule has 0 aromatic heterocycles. The third-order valence-electron chi connectivity index (χ3n) is 4.73. The van der Waals surface area contributed by atoms with Crippen molar-refractivity contribution in [1.82, 2.24) is 0 Å². The Bertz CT molecular complexity index is 1070. The number of amidine groups is 1. The summed E-state index contributed by atoms with van der Waals surface area (Å²) in [6.07, 6.45) is -2.78. The van der Waals surface area contributed by atoms with Crippen molar-refractivity contribution in [2.24, 2.45) is 4.40 Å². The maximum absolute atomic E-state index is 14.3. The van der Waals surface area contributed by atoms with E-state index < -0.39 is 27.6 Å². The van der Waals surface area contributed by atoms with Gasteiger partial charge in [0.05, 0.1) is 22.5 Å². The van der Waals surface area contributed by atoms with Gasteiger partial charge in [-0.3, -0.25) is 0 Å². The van der Waals surface area contributed by atoms with Gasteiger partial charge in [0.2, 0.25) is 0 Å². The van der Waals surface area contributed by atoms with Crippen LogP contribution in [0.2, 0.25) is 0 Å². The third kappa shape index (κ3) is 3.21. The lowest BCUT2D eigenvalue weighted by atomic mass is 10.1. The Morgan fingerprint density at radius 2 is 1.79 bits per heavy atom. The van der Waals surface area contributed by atoms with Gasteiger partial charge in [0, 0.05) is 13.1 Å². The van der Waals surface area contributed by atoms with Crippen LogP contribution in [0.15, 0.2) is 45.7 Å². The predicted octanol–water partition coefficient (Wildman–Crippen LogP) is 4.01. The molecule has 5 nitrogen and oxygen atoms in total. The Morgan fingerprint density at radius 3 is 2.46 bits per heavy atom. The average Bonchev–Trinajstić information content (AvgIpc) is 3.22. The molecule has 0 radical (unpaired) electrons. The first-order chi connectivity index (χ1) is 13.2. The van der Waals surface area contributed by atoms with Crippen molar-refractivity contribution < 1.29 is 26.0 Å². The summed E-state index contributed by atoms with van der Waals surface area (Å²) in [5, 5.41) is 2.64. The molecule has 0 atom stereocenters. The van der Waals surface area contributed by atoms with E-state index in [4.69, 9.17) is 0 Å². The van der Waals surface area contributed by atoms with Gasteiger partial charge in [0.15, 0.2) is 5.84 Å². The van der Waals surface area contributed by atoms with Gasteiger partial charge in [0.1, 0.15) is 10.7 Å². The molecule has 0 bridgehead atoms. The van der Waals surface area contributed by atoms with Crippen LogP contribution in [0.5, 0.6) is 0 Å². The number of halogens is 4. The zero-order valence-corrected chi connectivity index (χ0v) is 15.2. The fourth-order valence-corrected chi connectivity index (χ4v) is 4.60. The zero-order chi connectivity index (χ0) is 20.1. The van der Waals surface area contributed by atoms with Crippen molar-refractivity contribution in [2.75, 3.05) is 23.3 Å². The van der Waals surface area contributed by atoms with Crippen molar-refractivity contribution in [3.8, 4) is 0 Å². The van der Waals surface area contributed by atoms with Gasteiger partial charge in [-0.05, 0) is 43.2 Å². The van der Waals surface area contributed by atoms with Crippen LogP contribution in [0, 0.1) is 5.82 Å². The third-order valence-corrected chi connectivity index (χ3v) is 6.04. The monoisotopic (exact) mass is 413 g/mol. The molecule has 1 N–H and O–H groups in total. The van der Waals surface area contributed by atoms with E-state index in [2.05, 4.69) is 9.71 Å². The van der Waals surface area contributed by atoms with Gasteiger partial charge in [-0.1, -0.05) is 6.07 Å². The second kappa shape index (κ2) is 6.47. The van der Waals surface area contributed by atoms with E-state index in [1.165, 1.54) is 18.2 Å². The number of rotatable bonds is 2. The molecular formula is C18H15F4N3O2S. The van der Waals surface area contributed by atoms with Crippen LogP contribution in [-0.4, -0.2) is 27.3 Å². The normalized spacial score (nSPS) is 18.1. The first kappa shape index (κ1) is 18.7. The van der Waals surface area contributed by atoms with E-state index in [0.29, 0.717) is 18.8 Å².